The Morgan fingerprint density at radius 3 is 0.714 bits per heavy atom. The Hall–Kier alpha value is -1.76. The number of carboxylic acid groups (broad SMARTS) is 2. The van der Waals surface area contributed by atoms with Gasteiger partial charge in [0.25, 0.3) is 0 Å². The predicted molar refractivity (Wildman–Crippen MR) is 59.7 cm³/mol. The molecule has 0 unspecified atom stereocenters. The average Bonchev–Trinajstić information content (AvgIpc) is 2.12. The van der Waals surface area contributed by atoms with Crippen molar-refractivity contribution in [1.82, 2.24) is 0 Å². The van der Waals surface area contributed by atoms with Crippen molar-refractivity contribution in [2.24, 2.45) is 11.8 Å². The average molecular weight is 352 g/mol. The molecule has 0 saturated heterocycles. The summed E-state index contributed by atoms with van der Waals surface area (Å²) in [4.78, 5) is 61.6. The van der Waals surface area contributed by atoms with Gasteiger partial charge in [-0.3, -0.25) is 19.2 Å². The molecule has 0 aromatic carbocycles. The van der Waals surface area contributed by atoms with E-state index in [1.165, 1.54) is 0 Å². The van der Waals surface area contributed by atoms with Gasteiger partial charge < -0.3 is 19.8 Å². The van der Waals surface area contributed by atoms with Crippen molar-refractivity contribution in [3.05, 3.63) is 0 Å². The van der Waals surface area contributed by atoms with Crippen LogP contribution in [0.4, 0.5) is 0 Å². The molecule has 9 heteroatoms. The van der Waals surface area contributed by atoms with Gasteiger partial charge in [0.1, 0.15) is 35.0 Å². The summed E-state index contributed by atoms with van der Waals surface area (Å²) in [5, 5.41) is 20.1. The van der Waals surface area contributed by atoms with E-state index in [0.717, 1.165) is 27.7 Å². The Bertz CT molecular complexity index is 346. The number of hydrogen-bond acceptors (Lipinski definition) is 8. The zero-order valence-electron chi connectivity index (χ0n) is 12.1. The second-order valence-corrected chi connectivity index (χ2v) is 3.95. The summed E-state index contributed by atoms with van der Waals surface area (Å²) in [6.07, 6.45) is 0. The number of hydrogen-bond donors (Lipinski definition) is 0. The summed E-state index contributed by atoms with van der Waals surface area (Å²) in [6, 6.07) is 0. The van der Waals surface area contributed by atoms with Crippen LogP contribution in [0.25, 0.3) is 0 Å². The van der Waals surface area contributed by atoms with Crippen LogP contribution in [-0.2, 0) is 48.2 Å². The van der Waals surface area contributed by atoms with Gasteiger partial charge in [-0.2, -0.15) is 0 Å². The Kier molecular flexibility index (Phi) is 12.7. The molecule has 0 N–H and O–H groups in total. The van der Waals surface area contributed by atoms with Crippen molar-refractivity contribution in [2.45, 2.75) is 27.7 Å². The van der Waals surface area contributed by atoms with Crippen LogP contribution in [0.3, 0.4) is 0 Å². The van der Waals surface area contributed by atoms with Crippen molar-refractivity contribution in [2.75, 3.05) is 0 Å². The molecule has 0 atom stereocenters. The van der Waals surface area contributed by atoms with Crippen LogP contribution in [0.1, 0.15) is 27.7 Å². The number of rotatable bonds is 6. The SMILES string of the molecule is CC(=O)C(C(C)=O)C(=O)[O-].CC(=O)C(C(C)=O)C(=O)[O-].[Zn+2]. The van der Waals surface area contributed by atoms with Gasteiger partial charge in [0.2, 0.25) is 0 Å². The molecule has 0 heterocycles. The first-order valence-corrected chi connectivity index (χ1v) is 5.37. The number of aliphatic carboxylic acids is 2. The molecule has 0 aromatic heterocycles. The third kappa shape index (κ3) is 9.73. The molecular formula is C12H14O8Zn. The van der Waals surface area contributed by atoms with Gasteiger partial charge in [-0.25, -0.2) is 0 Å². The molecule has 0 saturated carbocycles. The number of ketones is 4. The molecule has 0 aromatic rings. The normalized spacial score (nSPS) is 9.05. The minimum Gasteiger partial charge on any atom is -0.549 e. The van der Waals surface area contributed by atoms with Gasteiger partial charge >= 0.3 is 19.5 Å². The molecule has 21 heavy (non-hydrogen) atoms. The summed E-state index contributed by atoms with van der Waals surface area (Å²) in [5.74, 6) is -9.17. The van der Waals surface area contributed by atoms with Gasteiger partial charge in [0.05, 0.1) is 11.9 Å². The number of carbonyl (C=O) groups excluding carboxylic acids is 6. The third-order valence-corrected chi connectivity index (χ3v) is 2.10. The van der Waals surface area contributed by atoms with Gasteiger partial charge in [0, 0.05) is 0 Å². The van der Waals surface area contributed by atoms with Crippen LogP contribution in [0.2, 0.25) is 0 Å². The van der Waals surface area contributed by atoms with Gasteiger partial charge in [0.15, 0.2) is 0 Å². The van der Waals surface area contributed by atoms with Crippen molar-refractivity contribution in [3.63, 3.8) is 0 Å². The van der Waals surface area contributed by atoms with Crippen LogP contribution in [0.15, 0.2) is 0 Å². The summed E-state index contributed by atoms with van der Waals surface area (Å²) in [6.45, 7) is 4.17. The summed E-state index contributed by atoms with van der Waals surface area (Å²) >= 11 is 0. The maximum Gasteiger partial charge on any atom is 2.00 e. The standard InChI is InChI=1S/2C6H8O4.Zn/c2*1-3(7)5(4(2)8)6(9)10;/h2*5H,1-2H3,(H,9,10);/q;;+2/p-2. The first-order chi connectivity index (χ1) is 8.93. The van der Waals surface area contributed by atoms with Crippen LogP contribution in [-0.4, -0.2) is 35.1 Å². The molecule has 0 rings (SSSR count). The Morgan fingerprint density at radius 1 is 0.571 bits per heavy atom. The molecule has 0 aliphatic rings. The van der Waals surface area contributed by atoms with E-state index >= 15 is 0 Å². The first-order valence-electron chi connectivity index (χ1n) is 5.37. The fourth-order valence-electron chi connectivity index (χ4n) is 1.24. The van der Waals surface area contributed by atoms with Gasteiger partial charge in [-0.15, -0.1) is 0 Å². The van der Waals surface area contributed by atoms with E-state index in [-0.39, 0.29) is 19.5 Å². The molecule has 112 valence electrons. The number of carboxylic acids is 2. The van der Waals surface area contributed by atoms with Gasteiger partial charge in [-0.05, 0) is 27.7 Å². The Morgan fingerprint density at radius 2 is 0.714 bits per heavy atom. The topological polar surface area (TPSA) is 149 Å². The quantitative estimate of drug-likeness (QED) is 0.364. The van der Waals surface area contributed by atoms with Crippen molar-refractivity contribution in [1.29, 1.82) is 0 Å². The molecule has 0 aliphatic carbocycles. The van der Waals surface area contributed by atoms with Crippen LogP contribution < -0.4 is 10.2 Å². The molecule has 0 aliphatic heterocycles. The molecule has 0 radical (unpaired) electrons. The Labute approximate surface area is 133 Å². The van der Waals surface area contributed by atoms with E-state index in [1.807, 2.05) is 0 Å². The maximum atomic E-state index is 10.4. The number of carbonyl (C=O) groups is 6. The van der Waals surface area contributed by atoms with Crippen molar-refractivity contribution in [3.8, 4) is 0 Å². The van der Waals surface area contributed by atoms with E-state index in [4.69, 9.17) is 0 Å². The van der Waals surface area contributed by atoms with Crippen molar-refractivity contribution < 1.29 is 58.5 Å². The molecule has 0 amide bonds. The van der Waals surface area contributed by atoms with Crippen LogP contribution in [0.5, 0.6) is 0 Å². The van der Waals surface area contributed by atoms with Crippen molar-refractivity contribution >= 4 is 35.1 Å². The van der Waals surface area contributed by atoms with E-state index in [9.17, 15) is 39.0 Å². The number of Topliss-reactive ketones (excluding diaryl/α,β-unsaturated/α-hetero) is 4. The summed E-state index contributed by atoms with van der Waals surface area (Å²) < 4.78 is 0. The Balaban J connectivity index is -0.000000295. The molecule has 0 fully saturated rings. The second kappa shape index (κ2) is 11.0. The molecule has 0 spiro atoms. The maximum absolute atomic E-state index is 10.4. The third-order valence-electron chi connectivity index (χ3n) is 2.10. The second-order valence-electron chi connectivity index (χ2n) is 3.95. The largest absolute Gasteiger partial charge is 2.00 e. The van der Waals surface area contributed by atoms with E-state index < -0.39 is 46.9 Å². The molecule has 8 nitrogen and oxygen atoms in total. The minimum atomic E-state index is -1.62. The zero-order valence-corrected chi connectivity index (χ0v) is 15.1. The predicted octanol–water partition coefficient (Wildman–Crippen LogP) is -2.94. The van der Waals surface area contributed by atoms with E-state index in [1.54, 1.807) is 0 Å². The van der Waals surface area contributed by atoms with Gasteiger partial charge in [-0.1, -0.05) is 0 Å². The molecule has 0 bridgehead atoms. The molecular weight excluding hydrogens is 338 g/mol. The zero-order chi connectivity index (χ0) is 16.6. The van der Waals surface area contributed by atoms with Crippen LogP contribution >= 0.6 is 0 Å². The fraction of sp³-hybridized carbons (Fsp3) is 0.500. The summed E-state index contributed by atoms with van der Waals surface area (Å²) in [7, 11) is 0. The summed E-state index contributed by atoms with van der Waals surface area (Å²) in [5.41, 5.74) is 0. The first kappa shape index (κ1) is 24.3. The van der Waals surface area contributed by atoms with E-state index in [2.05, 4.69) is 0 Å². The van der Waals surface area contributed by atoms with E-state index in [0.29, 0.717) is 0 Å². The minimum absolute atomic E-state index is 0. The van der Waals surface area contributed by atoms with Crippen LogP contribution in [0, 0.1) is 11.8 Å². The monoisotopic (exact) mass is 350 g/mol. The fourth-order valence-corrected chi connectivity index (χ4v) is 1.24. The smallest absolute Gasteiger partial charge is 0.549 e.